The Balaban J connectivity index is 1.08. The largest absolute Gasteiger partial charge is 0.403 e. The van der Waals surface area contributed by atoms with Gasteiger partial charge in [0.05, 0.1) is 33.5 Å². The van der Waals surface area contributed by atoms with Crippen molar-refractivity contribution in [2.75, 3.05) is 10.6 Å². The Morgan fingerprint density at radius 3 is 1.33 bits per heavy atom. The summed E-state index contributed by atoms with van der Waals surface area (Å²) in [6.45, 7) is 3.52. The van der Waals surface area contributed by atoms with Gasteiger partial charge in [0.1, 0.15) is 11.1 Å². The third-order valence-electron chi connectivity index (χ3n) is 7.41. The molecule has 0 aliphatic heterocycles. The molecule has 2 amide bonds. The van der Waals surface area contributed by atoms with E-state index < -0.39 is 23.1 Å². The number of carbonyl (C=O) groups excluding carboxylic acids is 2. The highest BCUT2D eigenvalue weighted by Gasteiger charge is 2.21. The van der Waals surface area contributed by atoms with Crippen molar-refractivity contribution < 1.29 is 18.4 Å². The molecular weight excluding hydrogens is 588 g/mol. The zero-order valence-corrected chi connectivity index (χ0v) is 24.5. The molecule has 4 heterocycles. The number of amides is 2. The van der Waals surface area contributed by atoms with Gasteiger partial charge in [-0.2, -0.15) is 19.6 Å². The quantitative estimate of drug-likeness (QED) is 0.253. The van der Waals surface area contributed by atoms with Crippen LogP contribution in [-0.2, 0) is 0 Å². The van der Waals surface area contributed by atoms with Crippen LogP contribution in [0.3, 0.4) is 0 Å². The third-order valence-corrected chi connectivity index (χ3v) is 7.41. The van der Waals surface area contributed by atoms with Crippen LogP contribution in [0.1, 0.15) is 32.1 Å². The van der Waals surface area contributed by atoms with Crippen LogP contribution in [0.25, 0.3) is 33.6 Å². The topological polar surface area (TPSA) is 154 Å². The number of para-hydroxylation sites is 2. The number of aryl methyl sites for hydroxylation is 2. The molecule has 0 aliphatic carbocycles. The Labute approximate surface area is 259 Å². The Hall–Kier alpha value is -6.56. The van der Waals surface area contributed by atoms with Crippen molar-refractivity contribution in [1.82, 2.24) is 19.6 Å². The third kappa shape index (κ3) is 5.03. The maximum atomic E-state index is 13.1. The minimum atomic E-state index is -0.814. The van der Waals surface area contributed by atoms with E-state index in [2.05, 4.69) is 20.8 Å². The minimum Gasteiger partial charge on any atom is -0.403 e. The van der Waals surface area contributed by atoms with E-state index in [1.54, 1.807) is 38.1 Å². The lowest BCUT2D eigenvalue weighted by Crippen LogP contribution is -2.21. The molecule has 226 valence electrons. The summed E-state index contributed by atoms with van der Waals surface area (Å²) in [6, 6.07) is 27.5. The van der Waals surface area contributed by atoms with Gasteiger partial charge >= 0.3 is 11.3 Å². The number of aromatic nitrogens is 4. The number of hydrogen-bond donors (Lipinski definition) is 2. The number of carbonyl (C=O) groups is 2. The van der Waals surface area contributed by atoms with Crippen LogP contribution in [-0.4, -0.2) is 31.4 Å². The number of fused-ring (bicyclic) bond motifs is 2. The molecule has 0 fully saturated rings. The molecule has 0 unspecified atom stereocenters. The molecule has 46 heavy (non-hydrogen) atoms. The molecule has 0 spiro atoms. The first-order valence-electron chi connectivity index (χ1n) is 14.2. The summed E-state index contributed by atoms with van der Waals surface area (Å²) in [4.78, 5) is 51.8. The lowest BCUT2D eigenvalue weighted by Gasteiger charge is -2.08. The van der Waals surface area contributed by atoms with E-state index in [1.807, 2.05) is 60.7 Å². The molecule has 0 atom stereocenters. The van der Waals surface area contributed by atoms with Crippen LogP contribution >= 0.6 is 0 Å². The van der Waals surface area contributed by atoms with Crippen LogP contribution < -0.4 is 21.9 Å². The molecule has 0 saturated carbocycles. The summed E-state index contributed by atoms with van der Waals surface area (Å²) < 4.78 is 14.1. The normalized spacial score (nSPS) is 11.2. The number of benzene rings is 3. The van der Waals surface area contributed by atoms with Crippen LogP contribution in [0.15, 0.2) is 115 Å². The van der Waals surface area contributed by atoms with E-state index in [-0.39, 0.29) is 22.6 Å². The fourth-order valence-corrected chi connectivity index (χ4v) is 5.10. The maximum absolute atomic E-state index is 13.1. The van der Waals surface area contributed by atoms with Crippen LogP contribution in [0.2, 0.25) is 0 Å². The fourth-order valence-electron chi connectivity index (χ4n) is 5.10. The molecule has 0 aliphatic rings. The van der Waals surface area contributed by atoms with Crippen molar-refractivity contribution in [3.05, 3.63) is 140 Å². The number of nitrogens with one attached hydrogen (secondary N) is 2. The second-order valence-electron chi connectivity index (χ2n) is 10.5. The molecule has 4 aromatic heterocycles. The molecular formula is C34H24N6O6. The first-order valence-corrected chi connectivity index (χ1v) is 14.2. The van der Waals surface area contributed by atoms with Gasteiger partial charge in [0.25, 0.3) is 11.8 Å². The van der Waals surface area contributed by atoms with Crippen molar-refractivity contribution in [2.45, 2.75) is 13.8 Å². The van der Waals surface area contributed by atoms with Crippen molar-refractivity contribution >= 4 is 45.4 Å². The number of anilines is 2. The molecule has 12 nitrogen and oxygen atoms in total. The van der Waals surface area contributed by atoms with Gasteiger partial charge in [0, 0.05) is 11.4 Å². The SMILES string of the molecule is Cc1nn(-c2ccccc2)c2oc(=O)c(C(=O)Nc3ccc(NC(=O)c4cc5c(C)nn(-c6ccccc6)c5oc4=O)cc3)cc12. The standard InChI is InChI=1S/C34H24N6O6/c1-19-25-17-27(33(43)45-31(25)39(37-19)23-9-5-3-6-10-23)29(41)35-21-13-15-22(16-14-21)36-30(42)28-18-26-20(2)38-40(32(26)46-34(28)44)24-11-7-4-8-12-24/h3-18H,1-2H3,(H,35,41)(H,36,42). The van der Waals surface area contributed by atoms with Crippen LogP contribution in [0.5, 0.6) is 0 Å². The van der Waals surface area contributed by atoms with Crippen molar-refractivity contribution in [3.8, 4) is 11.4 Å². The molecule has 12 heteroatoms. The number of rotatable bonds is 6. The van der Waals surface area contributed by atoms with E-state index in [0.717, 1.165) is 0 Å². The van der Waals surface area contributed by atoms with E-state index in [1.165, 1.54) is 21.5 Å². The van der Waals surface area contributed by atoms with Gasteiger partial charge in [-0.05, 0) is 74.5 Å². The summed E-state index contributed by atoms with van der Waals surface area (Å²) in [5.74, 6) is -1.34. The van der Waals surface area contributed by atoms with Gasteiger partial charge in [0.15, 0.2) is 0 Å². The molecule has 0 saturated heterocycles. The van der Waals surface area contributed by atoms with Crippen LogP contribution in [0, 0.1) is 13.8 Å². The fraction of sp³-hybridized carbons (Fsp3) is 0.0588. The van der Waals surface area contributed by atoms with E-state index in [4.69, 9.17) is 8.83 Å². The highest BCUT2D eigenvalue weighted by Crippen LogP contribution is 2.24. The maximum Gasteiger partial charge on any atom is 0.350 e. The van der Waals surface area contributed by atoms with Crippen molar-refractivity contribution in [2.24, 2.45) is 0 Å². The highest BCUT2D eigenvalue weighted by molar-refractivity contribution is 6.07. The molecule has 0 radical (unpaired) electrons. The van der Waals surface area contributed by atoms with E-state index >= 15 is 0 Å². The summed E-state index contributed by atoms with van der Waals surface area (Å²) in [5, 5.41) is 15.3. The zero-order chi connectivity index (χ0) is 31.9. The van der Waals surface area contributed by atoms with Gasteiger partial charge in [-0.3, -0.25) is 9.59 Å². The average Bonchev–Trinajstić information content (AvgIpc) is 3.56. The Morgan fingerprint density at radius 2 is 0.957 bits per heavy atom. The lowest BCUT2D eigenvalue weighted by atomic mass is 10.2. The highest BCUT2D eigenvalue weighted by atomic mass is 16.4. The van der Waals surface area contributed by atoms with Gasteiger partial charge < -0.3 is 19.5 Å². The molecule has 7 rings (SSSR count). The second-order valence-corrected chi connectivity index (χ2v) is 10.5. The second kappa shape index (κ2) is 11.2. The van der Waals surface area contributed by atoms with E-state index in [0.29, 0.717) is 44.9 Å². The van der Waals surface area contributed by atoms with Gasteiger partial charge in [-0.15, -0.1) is 0 Å². The molecule has 0 bridgehead atoms. The molecule has 3 aromatic carbocycles. The van der Waals surface area contributed by atoms with Crippen molar-refractivity contribution in [1.29, 1.82) is 0 Å². The monoisotopic (exact) mass is 612 g/mol. The van der Waals surface area contributed by atoms with E-state index in [9.17, 15) is 19.2 Å². The first kappa shape index (κ1) is 28.2. The first-order chi connectivity index (χ1) is 22.3. The zero-order valence-electron chi connectivity index (χ0n) is 24.5. The molecule has 2 N–H and O–H groups in total. The molecule has 7 aromatic rings. The predicted octanol–water partition coefficient (Wildman–Crippen LogP) is 5.39. The van der Waals surface area contributed by atoms with Gasteiger partial charge in [-0.25, -0.2) is 9.59 Å². The van der Waals surface area contributed by atoms with Gasteiger partial charge in [-0.1, -0.05) is 36.4 Å². The van der Waals surface area contributed by atoms with Crippen LogP contribution in [0.4, 0.5) is 11.4 Å². The Bertz CT molecular complexity index is 2230. The average molecular weight is 613 g/mol. The Morgan fingerprint density at radius 1 is 0.587 bits per heavy atom. The number of nitrogens with zero attached hydrogens (tertiary/aromatic N) is 4. The van der Waals surface area contributed by atoms with Crippen molar-refractivity contribution in [3.63, 3.8) is 0 Å². The summed E-state index contributed by atoms with van der Waals surface area (Å²) in [5.41, 5.74) is 1.80. The summed E-state index contributed by atoms with van der Waals surface area (Å²) in [7, 11) is 0. The lowest BCUT2D eigenvalue weighted by molar-refractivity contribution is 0.101. The summed E-state index contributed by atoms with van der Waals surface area (Å²) in [6.07, 6.45) is 0. The smallest absolute Gasteiger partial charge is 0.350 e. The number of hydrogen-bond acceptors (Lipinski definition) is 8. The summed E-state index contributed by atoms with van der Waals surface area (Å²) >= 11 is 0. The van der Waals surface area contributed by atoms with Gasteiger partial charge in [0.2, 0.25) is 11.4 Å². The predicted molar refractivity (Wildman–Crippen MR) is 171 cm³/mol. The minimum absolute atomic E-state index is 0.186. The Kier molecular flexibility index (Phi) is 6.86.